The highest BCUT2D eigenvalue weighted by atomic mass is 35.5. The molecular weight excluding hydrogens is 455 g/mol. The summed E-state index contributed by atoms with van der Waals surface area (Å²) in [5.41, 5.74) is 0.779. The molecule has 0 aliphatic heterocycles. The average molecular weight is 477 g/mol. The molecule has 0 saturated heterocycles. The zero-order valence-electron chi connectivity index (χ0n) is 16.9. The summed E-state index contributed by atoms with van der Waals surface area (Å²) in [6.07, 6.45) is 0.989. The van der Waals surface area contributed by atoms with Crippen molar-refractivity contribution < 1.29 is 27.4 Å². The molecule has 8 nitrogen and oxygen atoms in total. The molecule has 0 unspecified atom stereocenters. The SMILES string of the molecule is COc1ccc(CNC(=O)CN(c2ccc(Cl)cc2Cl)S(C)(=O)=O)c(OC)c1OC. The van der Waals surface area contributed by atoms with Crippen LogP contribution in [-0.4, -0.2) is 48.5 Å². The second-order valence-electron chi connectivity index (χ2n) is 6.14. The molecule has 0 spiro atoms. The first-order chi connectivity index (χ1) is 14.1. The minimum Gasteiger partial charge on any atom is -0.493 e. The molecular formula is C19H22Cl2N2O6S. The Kier molecular flexibility index (Phi) is 8.05. The van der Waals surface area contributed by atoms with Crippen LogP contribution in [-0.2, 0) is 21.4 Å². The van der Waals surface area contributed by atoms with Crippen LogP contribution >= 0.6 is 23.2 Å². The van der Waals surface area contributed by atoms with E-state index in [4.69, 9.17) is 37.4 Å². The Morgan fingerprint density at radius 2 is 1.70 bits per heavy atom. The third kappa shape index (κ3) is 5.62. The van der Waals surface area contributed by atoms with E-state index < -0.39 is 22.5 Å². The predicted molar refractivity (Wildman–Crippen MR) is 117 cm³/mol. The van der Waals surface area contributed by atoms with Gasteiger partial charge in [-0.25, -0.2) is 8.42 Å². The molecule has 0 aliphatic rings. The summed E-state index contributed by atoms with van der Waals surface area (Å²) in [5.74, 6) is 0.726. The number of hydrogen-bond donors (Lipinski definition) is 1. The first kappa shape index (κ1) is 23.9. The molecule has 0 bridgehead atoms. The van der Waals surface area contributed by atoms with Gasteiger partial charge in [0.25, 0.3) is 0 Å². The van der Waals surface area contributed by atoms with Crippen molar-refractivity contribution in [1.29, 1.82) is 0 Å². The zero-order valence-corrected chi connectivity index (χ0v) is 19.2. The molecule has 164 valence electrons. The summed E-state index contributed by atoms with van der Waals surface area (Å²) in [6.45, 7) is -0.385. The van der Waals surface area contributed by atoms with Gasteiger partial charge < -0.3 is 19.5 Å². The number of nitrogens with zero attached hydrogens (tertiary/aromatic N) is 1. The number of benzene rings is 2. The summed E-state index contributed by atoms with van der Waals surface area (Å²) in [6, 6.07) is 7.73. The summed E-state index contributed by atoms with van der Waals surface area (Å²) < 4.78 is 41.3. The van der Waals surface area contributed by atoms with Gasteiger partial charge >= 0.3 is 0 Å². The fraction of sp³-hybridized carbons (Fsp3) is 0.316. The van der Waals surface area contributed by atoms with E-state index in [1.807, 2.05) is 0 Å². The van der Waals surface area contributed by atoms with E-state index >= 15 is 0 Å². The summed E-state index contributed by atoms with van der Waals surface area (Å²) in [7, 11) is 0.664. The predicted octanol–water partition coefficient (Wildman–Crippen LogP) is 3.10. The summed E-state index contributed by atoms with van der Waals surface area (Å²) in [5, 5.41) is 3.14. The van der Waals surface area contributed by atoms with E-state index in [1.165, 1.54) is 39.5 Å². The highest BCUT2D eigenvalue weighted by Crippen LogP contribution is 2.39. The number of nitrogens with one attached hydrogen (secondary N) is 1. The molecule has 1 N–H and O–H groups in total. The van der Waals surface area contributed by atoms with Crippen molar-refractivity contribution in [3.05, 3.63) is 45.9 Å². The standard InChI is InChI=1S/C19H22Cl2N2O6S/c1-27-16-8-5-12(18(28-2)19(16)29-3)10-22-17(24)11-23(30(4,25)26)15-7-6-13(20)9-14(15)21/h5-9H,10-11H2,1-4H3,(H,22,24). The highest BCUT2D eigenvalue weighted by molar-refractivity contribution is 7.92. The number of sulfonamides is 1. The number of carbonyl (C=O) groups excluding carboxylic acids is 1. The molecule has 2 rings (SSSR count). The molecule has 0 heterocycles. The molecule has 0 saturated carbocycles. The van der Waals surface area contributed by atoms with Crippen LogP contribution in [0.25, 0.3) is 0 Å². The van der Waals surface area contributed by atoms with Crippen molar-refractivity contribution in [3.8, 4) is 17.2 Å². The summed E-state index contributed by atoms with van der Waals surface area (Å²) >= 11 is 12.0. The molecule has 0 atom stereocenters. The van der Waals surface area contributed by atoms with Gasteiger partial charge in [0.05, 0.1) is 38.3 Å². The van der Waals surface area contributed by atoms with Crippen molar-refractivity contribution in [2.45, 2.75) is 6.54 Å². The van der Waals surface area contributed by atoms with Gasteiger partial charge in [-0.2, -0.15) is 0 Å². The Morgan fingerprint density at radius 3 is 2.23 bits per heavy atom. The number of rotatable bonds is 9. The average Bonchev–Trinajstić information content (AvgIpc) is 2.69. The Bertz CT molecular complexity index is 1030. The van der Waals surface area contributed by atoms with E-state index in [1.54, 1.807) is 12.1 Å². The molecule has 2 aromatic rings. The first-order valence-electron chi connectivity index (χ1n) is 8.59. The van der Waals surface area contributed by atoms with Crippen LogP contribution in [0.4, 0.5) is 5.69 Å². The third-order valence-corrected chi connectivity index (χ3v) is 5.79. The lowest BCUT2D eigenvalue weighted by Gasteiger charge is -2.23. The van der Waals surface area contributed by atoms with E-state index in [0.717, 1.165) is 10.6 Å². The van der Waals surface area contributed by atoms with Crippen molar-refractivity contribution in [2.24, 2.45) is 0 Å². The van der Waals surface area contributed by atoms with Crippen molar-refractivity contribution in [2.75, 3.05) is 38.4 Å². The Hall–Kier alpha value is -2.36. The maximum Gasteiger partial charge on any atom is 0.241 e. The molecule has 2 aromatic carbocycles. The van der Waals surface area contributed by atoms with Crippen LogP contribution in [0.1, 0.15) is 5.56 Å². The number of anilines is 1. The number of methoxy groups -OCH3 is 3. The smallest absolute Gasteiger partial charge is 0.241 e. The van der Waals surface area contributed by atoms with Gasteiger partial charge in [0, 0.05) is 17.1 Å². The molecule has 1 amide bonds. The normalized spacial score (nSPS) is 11.0. The molecule has 30 heavy (non-hydrogen) atoms. The Balaban J connectivity index is 2.21. The lowest BCUT2D eigenvalue weighted by atomic mass is 10.1. The van der Waals surface area contributed by atoms with Crippen LogP contribution in [0.2, 0.25) is 10.0 Å². The Morgan fingerprint density at radius 1 is 1.03 bits per heavy atom. The monoisotopic (exact) mass is 476 g/mol. The maximum atomic E-state index is 12.5. The summed E-state index contributed by atoms with van der Waals surface area (Å²) in [4.78, 5) is 12.5. The topological polar surface area (TPSA) is 94.2 Å². The second-order valence-corrected chi connectivity index (χ2v) is 8.89. The second kappa shape index (κ2) is 10.1. The minimum absolute atomic E-state index is 0.0777. The van der Waals surface area contributed by atoms with Crippen molar-refractivity contribution >= 4 is 44.8 Å². The molecule has 0 aromatic heterocycles. The van der Waals surface area contributed by atoms with Gasteiger partial charge in [-0.3, -0.25) is 9.10 Å². The number of hydrogen-bond acceptors (Lipinski definition) is 6. The molecule has 0 aliphatic carbocycles. The van der Waals surface area contributed by atoms with Crippen molar-refractivity contribution in [1.82, 2.24) is 5.32 Å². The third-order valence-electron chi connectivity index (χ3n) is 4.13. The van der Waals surface area contributed by atoms with E-state index in [9.17, 15) is 13.2 Å². The maximum absolute atomic E-state index is 12.5. The van der Waals surface area contributed by atoms with E-state index in [-0.39, 0.29) is 17.3 Å². The van der Waals surface area contributed by atoms with Gasteiger partial charge in [0.15, 0.2) is 11.5 Å². The molecule has 0 fully saturated rings. The fourth-order valence-corrected chi connectivity index (χ4v) is 4.18. The van der Waals surface area contributed by atoms with Crippen molar-refractivity contribution in [3.63, 3.8) is 0 Å². The van der Waals surface area contributed by atoms with Gasteiger partial charge in [0.1, 0.15) is 6.54 Å². The van der Waals surface area contributed by atoms with Gasteiger partial charge in [-0.15, -0.1) is 0 Å². The van der Waals surface area contributed by atoms with Crippen LogP contribution in [0.15, 0.2) is 30.3 Å². The van der Waals surface area contributed by atoms with Crippen LogP contribution in [0.5, 0.6) is 17.2 Å². The highest BCUT2D eigenvalue weighted by Gasteiger charge is 2.23. The first-order valence-corrected chi connectivity index (χ1v) is 11.2. The fourth-order valence-electron chi connectivity index (χ4n) is 2.75. The lowest BCUT2D eigenvalue weighted by molar-refractivity contribution is -0.119. The van der Waals surface area contributed by atoms with E-state index in [2.05, 4.69) is 5.32 Å². The van der Waals surface area contributed by atoms with Gasteiger partial charge in [-0.05, 0) is 30.3 Å². The zero-order chi connectivity index (χ0) is 22.5. The molecule has 11 heteroatoms. The number of amides is 1. The van der Waals surface area contributed by atoms with Gasteiger partial charge in [0.2, 0.25) is 21.7 Å². The largest absolute Gasteiger partial charge is 0.493 e. The number of halogens is 2. The number of ether oxygens (including phenoxy) is 3. The Labute approximate surface area is 185 Å². The van der Waals surface area contributed by atoms with Gasteiger partial charge in [-0.1, -0.05) is 23.2 Å². The van der Waals surface area contributed by atoms with Crippen LogP contribution in [0, 0.1) is 0 Å². The molecule has 0 radical (unpaired) electrons. The van der Waals surface area contributed by atoms with Crippen LogP contribution in [0.3, 0.4) is 0 Å². The number of carbonyl (C=O) groups is 1. The van der Waals surface area contributed by atoms with Crippen LogP contribution < -0.4 is 23.8 Å². The lowest BCUT2D eigenvalue weighted by Crippen LogP contribution is -2.40. The van der Waals surface area contributed by atoms with E-state index in [0.29, 0.717) is 27.8 Å². The quantitative estimate of drug-likeness (QED) is 0.597. The minimum atomic E-state index is -3.78.